The standard InChI is InChI=1S/C20H33N5O2.HI/c1-20(2,27-4)16-23-19(21-3)22-11-10-18(26)25-14-12-24(13-15-25)17-8-6-5-7-9-17;/h5-9H,10-16H2,1-4H3,(H2,21,22,23);1H. The predicted octanol–water partition coefficient (Wildman–Crippen LogP) is 1.93. The van der Waals surface area contributed by atoms with E-state index in [1.54, 1.807) is 14.2 Å². The van der Waals surface area contributed by atoms with Gasteiger partial charge >= 0.3 is 0 Å². The molecule has 1 aliphatic rings. The molecule has 28 heavy (non-hydrogen) atoms. The second-order valence-corrected chi connectivity index (χ2v) is 7.27. The molecule has 1 saturated heterocycles. The lowest BCUT2D eigenvalue weighted by Crippen LogP contribution is -2.50. The lowest BCUT2D eigenvalue weighted by molar-refractivity contribution is -0.131. The smallest absolute Gasteiger partial charge is 0.224 e. The zero-order chi connectivity index (χ0) is 19.7. The maximum atomic E-state index is 12.5. The number of piperazine rings is 1. The number of para-hydroxylation sites is 1. The highest BCUT2D eigenvalue weighted by Crippen LogP contribution is 2.15. The number of methoxy groups -OCH3 is 1. The molecule has 0 aliphatic carbocycles. The maximum Gasteiger partial charge on any atom is 0.224 e. The molecule has 8 heteroatoms. The van der Waals surface area contributed by atoms with Gasteiger partial charge in [0.05, 0.1) is 5.60 Å². The lowest BCUT2D eigenvalue weighted by Gasteiger charge is -2.36. The molecule has 0 spiro atoms. The Bertz CT molecular complexity index is 616. The number of hydrogen-bond donors (Lipinski definition) is 2. The number of aliphatic imine (C=N–C) groups is 1. The SMILES string of the molecule is CN=C(NCCC(=O)N1CCN(c2ccccc2)CC1)NCC(C)(C)OC.I. The van der Waals surface area contributed by atoms with E-state index in [0.717, 1.165) is 26.2 Å². The van der Waals surface area contributed by atoms with Gasteiger partial charge in [-0.25, -0.2) is 0 Å². The van der Waals surface area contributed by atoms with Crippen molar-refractivity contribution in [2.75, 3.05) is 58.3 Å². The fourth-order valence-corrected chi connectivity index (χ4v) is 2.89. The highest BCUT2D eigenvalue weighted by molar-refractivity contribution is 14.0. The highest BCUT2D eigenvalue weighted by atomic mass is 127. The Labute approximate surface area is 185 Å². The van der Waals surface area contributed by atoms with Crippen LogP contribution >= 0.6 is 24.0 Å². The van der Waals surface area contributed by atoms with E-state index in [4.69, 9.17) is 4.74 Å². The number of ether oxygens (including phenoxy) is 1. The summed E-state index contributed by atoms with van der Waals surface area (Å²) in [5.41, 5.74) is 0.950. The summed E-state index contributed by atoms with van der Waals surface area (Å²) in [6.07, 6.45) is 0.458. The second-order valence-electron chi connectivity index (χ2n) is 7.27. The van der Waals surface area contributed by atoms with Gasteiger partial charge in [0.15, 0.2) is 5.96 Å². The van der Waals surface area contributed by atoms with Crippen LogP contribution in [0, 0.1) is 0 Å². The van der Waals surface area contributed by atoms with Gasteiger partial charge in [-0.05, 0) is 26.0 Å². The van der Waals surface area contributed by atoms with Gasteiger partial charge in [-0.1, -0.05) is 18.2 Å². The molecule has 1 aromatic carbocycles. The molecule has 1 aromatic rings. The van der Waals surface area contributed by atoms with Crippen molar-refractivity contribution in [1.29, 1.82) is 0 Å². The number of anilines is 1. The molecule has 0 radical (unpaired) electrons. The van der Waals surface area contributed by atoms with Crippen molar-refractivity contribution in [2.24, 2.45) is 4.99 Å². The quantitative estimate of drug-likeness (QED) is 0.338. The minimum atomic E-state index is -0.272. The number of hydrogen-bond acceptors (Lipinski definition) is 4. The number of benzene rings is 1. The number of carbonyl (C=O) groups excluding carboxylic acids is 1. The van der Waals surface area contributed by atoms with E-state index in [9.17, 15) is 4.79 Å². The third-order valence-corrected chi connectivity index (χ3v) is 4.84. The van der Waals surface area contributed by atoms with E-state index in [2.05, 4.69) is 32.7 Å². The van der Waals surface area contributed by atoms with Crippen LogP contribution in [-0.4, -0.2) is 75.8 Å². The number of carbonyl (C=O) groups is 1. The molecule has 1 amide bonds. The average molecular weight is 503 g/mol. The van der Waals surface area contributed by atoms with E-state index in [0.29, 0.717) is 25.5 Å². The van der Waals surface area contributed by atoms with Gasteiger partial charge in [0, 0.05) is 65.5 Å². The summed E-state index contributed by atoms with van der Waals surface area (Å²) in [5.74, 6) is 0.865. The van der Waals surface area contributed by atoms with Crippen LogP contribution in [0.25, 0.3) is 0 Å². The van der Waals surface area contributed by atoms with Crippen molar-refractivity contribution in [3.8, 4) is 0 Å². The van der Waals surface area contributed by atoms with E-state index < -0.39 is 0 Å². The molecule has 0 bridgehead atoms. The Kier molecular flexibility index (Phi) is 10.6. The molecule has 0 saturated carbocycles. The monoisotopic (exact) mass is 503 g/mol. The molecule has 158 valence electrons. The van der Waals surface area contributed by atoms with Gasteiger partial charge in [-0.2, -0.15) is 0 Å². The van der Waals surface area contributed by atoms with E-state index in [-0.39, 0.29) is 35.5 Å². The third kappa shape index (κ3) is 7.83. The zero-order valence-corrected chi connectivity index (χ0v) is 19.7. The van der Waals surface area contributed by atoms with E-state index in [1.807, 2.05) is 36.9 Å². The number of nitrogens with one attached hydrogen (secondary N) is 2. The van der Waals surface area contributed by atoms with Gasteiger partial charge in [0.2, 0.25) is 5.91 Å². The Morgan fingerprint density at radius 3 is 2.36 bits per heavy atom. The summed E-state index contributed by atoms with van der Waals surface area (Å²) < 4.78 is 5.39. The maximum absolute atomic E-state index is 12.5. The molecule has 1 aliphatic heterocycles. The van der Waals surface area contributed by atoms with Gasteiger partial charge in [0.25, 0.3) is 0 Å². The van der Waals surface area contributed by atoms with Gasteiger partial charge in [-0.3, -0.25) is 9.79 Å². The van der Waals surface area contributed by atoms with Crippen molar-refractivity contribution in [3.63, 3.8) is 0 Å². The summed E-state index contributed by atoms with van der Waals surface area (Å²) >= 11 is 0. The van der Waals surface area contributed by atoms with E-state index >= 15 is 0 Å². The summed E-state index contributed by atoms with van der Waals surface area (Å²) in [6, 6.07) is 10.4. The first-order chi connectivity index (χ1) is 12.9. The first-order valence-electron chi connectivity index (χ1n) is 9.52. The molecule has 2 N–H and O–H groups in total. The van der Waals surface area contributed by atoms with Crippen LogP contribution in [0.2, 0.25) is 0 Å². The number of nitrogens with zero attached hydrogens (tertiary/aromatic N) is 3. The van der Waals surface area contributed by atoms with Crippen molar-refractivity contribution in [2.45, 2.75) is 25.9 Å². The Balaban J connectivity index is 0.00000392. The molecule has 0 unspecified atom stereocenters. The molecule has 1 fully saturated rings. The number of halogens is 1. The van der Waals surface area contributed by atoms with Crippen LogP contribution in [0.3, 0.4) is 0 Å². The van der Waals surface area contributed by atoms with Crippen LogP contribution in [0.4, 0.5) is 5.69 Å². The van der Waals surface area contributed by atoms with Crippen LogP contribution in [-0.2, 0) is 9.53 Å². The van der Waals surface area contributed by atoms with Gasteiger partial charge < -0.3 is 25.2 Å². The molecular weight excluding hydrogens is 469 g/mol. The average Bonchev–Trinajstić information content (AvgIpc) is 2.71. The minimum Gasteiger partial charge on any atom is -0.377 e. The summed E-state index contributed by atoms with van der Waals surface area (Å²) in [7, 11) is 3.41. The first-order valence-corrected chi connectivity index (χ1v) is 9.52. The molecular formula is C20H34IN5O2. The third-order valence-electron chi connectivity index (χ3n) is 4.84. The predicted molar refractivity (Wildman–Crippen MR) is 126 cm³/mol. The van der Waals surface area contributed by atoms with E-state index in [1.165, 1.54) is 5.69 Å². The highest BCUT2D eigenvalue weighted by Gasteiger charge is 2.21. The topological polar surface area (TPSA) is 69.2 Å². The molecule has 1 heterocycles. The van der Waals surface area contributed by atoms with Gasteiger partial charge in [0.1, 0.15) is 0 Å². The zero-order valence-electron chi connectivity index (χ0n) is 17.4. The van der Waals surface area contributed by atoms with Crippen molar-refractivity contribution < 1.29 is 9.53 Å². The lowest BCUT2D eigenvalue weighted by atomic mass is 10.1. The largest absolute Gasteiger partial charge is 0.377 e. The summed E-state index contributed by atoms with van der Waals surface area (Å²) in [4.78, 5) is 20.9. The van der Waals surface area contributed by atoms with Crippen molar-refractivity contribution in [1.82, 2.24) is 15.5 Å². The van der Waals surface area contributed by atoms with Crippen molar-refractivity contribution in [3.05, 3.63) is 30.3 Å². The Morgan fingerprint density at radius 1 is 1.14 bits per heavy atom. The summed E-state index contributed by atoms with van der Waals surface area (Å²) in [6.45, 7) is 8.49. The minimum absolute atomic E-state index is 0. The number of guanidine groups is 1. The number of rotatable bonds is 7. The Hall–Kier alpha value is -1.55. The number of amides is 1. The molecule has 2 rings (SSSR count). The summed E-state index contributed by atoms with van der Waals surface area (Å²) in [5, 5.41) is 6.42. The molecule has 0 aromatic heterocycles. The molecule has 0 atom stereocenters. The fraction of sp³-hybridized carbons (Fsp3) is 0.600. The molecule has 7 nitrogen and oxygen atoms in total. The van der Waals surface area contributed by atoms with Crippen LogP contribution in [0.1, 0.15) is 20.3 Å². The van der Waals surface area contributed by atoms with Gasteiger partial charge in [-0.15, -0.1) is 24.0 Å². The normalized spacial score (nSPS) is 15.1. The second kappa shape index (κ2) is 12.1. The van der Waals surface area contributed by atoms with Crippen molar-refractivity contribution >= 4 is 41.5 Å². The Morgan fingerprint density at radius 2 is 1.79 bits per heavy atom. The van der Waals surface area contributed by atoms with Crippen LogP contribution in [0.5, 0.6) is 0 Å². The first kappa shape index (κ1) is 24.5. The van der Waals surface area contributed by atoms with Crippen LogP contribution < -0.4 is 15.5 Å². The van der Waals surface area contributed by atoms with Crippen LogP contribution in [0.15, 0.2) is 35.3 Å². The fourth-order valence-electron chi connectivity index (χ4n) is 2.89.